The molecule has 0 heterocycles. The van der Waals surface area contributed by atoms with Gasteiger partial charge in [0.2, 0.25) is 11.8 Å². The van der Waals surface area contributed by atoms with Crippen molar-refractivity contribution in [2.45, 2.75) is 26.7 Å². The summed E-state index contributed by atoms with van der Waals surface area (Å²) in [7, 11) is 0. The molecule has 0 bridgehead atoms. The Bertz CT molecular complexity index is 818. The lowest BCUT2D eigenvalue weighted by atomic mass is 10.1. The number of ketones is 1. The first-order valence-corrected chi connectivity index (χ1v) is 9.14. The number of benzene rings is 2. The van der Waals surface area contributed by atoms with E-state index in [1.807, 2.05) is 18.2 Å². The molecule has 2 aromatic rings. The van der Waals surface area contributed by atoms with Crippen LogP contribution in [0.3, 0.4) is 0 Å². The van der Waals surface area contributed by atoms with Crippen molar-refractivity contribution >= 4 is 34.9 Å². The van der Waals surface area contributed by atoms with E-state index < -0.39 is 0 Å². The van der Waals surface area contributed by atoms with E-state index in [9.17, 15) is 14.4 Å². The number of anilines is 1. The van der Waals surface area contributed by atoms with Crippen LogP contribution >= 0.6 is 11.6 Å². The SMILES string of the molecule is CC(=O)c1ccc(NC(=O)CCN(CCc2cccc(Cl)c2)C(C)=O)cc1. The number of halogens is 1. The maximum absolute atomic E-state index is 12.1. The van der Waals surface area contributed by atoms with Crippen molar-refractivity contribution in [3.05, 3.63) is 64.7 Å². The molecule has 0 saturated heterocycles. The molecular formula is C21H23ClN2O3. The highest BCUT2D eigenvalue weighted by atomic mass is 35.5. The lowest BCUT2D eigenvalue weighted by Gasteiger charge is -2.21. The van der Waals surface area contributed by atoms with Gasteiger partial charge in [0.25, 0.3) is 0 Å². The van der Waals surface area contributed by atoms with E-state index in [-0.39, 0.29) is 24.0 Å². The van der Waals surface area contributed by atoms with Gasteiger partial charge in [0, 0.05) is 42.7 Å². The predicted octanol–water partition coefficient (Wildman–Crippen LogP) is 3.96. The van der Waals surface area contributed by atoms with Gasteiger partial charge in [0.1, 0.15) is 0 Å². The van der Waals surface area contributed by atoms with Crippen LogP contribution in [0, 0.1) is 0 Å². The third-order valence-electron chi connectivity index (χ3n) is 4.19. The molecule has 0 radical (unpaired) electrons. The standard InChI is InChI=1S/C21H23ClN2O3/c1-15(25)18-6-8-20(9-7-18)23-21(27)11-13-24(16(2)26)12-10-17-4-3-5-19(22)14-17/h3-9,14H,10-13H2,1-2H3,(H,23,27). The van der Waals surface area contributed by atoms with Crippen LogP contribution in [-0.4, -0.2) is 35.6 Å². The van der Waals surface area contributed by atoms with Crippen molar-refractivity contribution < 1.29 is 14.4 Å². The van der Waals surface area contributed by atoms with E-state index in [1.165, 1.54) is 13.8 Å². The molecule has 0 aromatic heterocycles. The van der Waals surface area contributed by atoms with Gasteiger partial charge in [0.15, 0.2) is 5.78 Å². The van der Waals surface area contributed by atoms with Gasteiger partial charge < -0.3 is 10.2 Å². The van der Waals surface area contributed by atoms with Crippen LogP contribution < -0.4 is 5.32 Å². The predicted molar refractivity (Wildman–Crippen MR) is 107 cm³/mol. The Morgan fingerprint density at radius 1 is 1.00 bits per heavy atom. The Morgan fingerprint density at radius 3 is 2.30 bits per heavy atom. The summed E-state index contributed by atoms with van der Waals surface area (Å²) in [5, 5.41) is 3.44. The maximum atomic E-state index is 12.1. The fourth-order valence-electron chi connectivity index (χ4n) is 2.63. The van der Waals surface area contributed by atoms with Gasteiger partial charge in [0.05, 0.1) is 0 Å². The molecule has 2 aromatic carbocycles. The molecule has 27 heavy (non-hydrogen) atoms. The van der Waals surface area contributed by atoms with Crippen molar-refractivity contribution in [1.29, 1.82) is 0 Å². The summed E-state index contributed by atoms with van der Waals surface area (Å²) in [6.07, 6.45) is 0.873. The van der Waals surface area contributed by atoms with E-state index in [0.717, 1.165) is 5.56 Å². The smallest absolute Gasteiger partial charge is 0.226 e. The van der Waals surface area contributed by atoms with Crippen LogP contribution in [0.25, 0.3) is 0 Å². The van der Waals surface area contributed by atoms with Gasteiger partial charge in [-0.25, -0.2) is 0 Å². The van der Waals surface area contributed by atoms with Gasteiger partial charge in [-0.05, 0) is 55.3 Å². The molecular weight excluding hydrogens is 364 g/mol. The second-order valence-electron chi connectivity index (χ2n) is 6.32. The Hall–Kier alpha value is -2.66. The number of Topliss-reactive ketones (excluding diaryl/α,β-unsaturated/α-hetero) is 1. The van der Waals surface area contributed by atoms with E-state index in [1.54, 1.807) is 35.2 Å². The third-order valence-corrected chi connectivity index (χ3v) is 4.42. The molecule has 142 valence electrons. The van der Waals surface area contributed by atoms with Crippen molar-refractivity contribution in [3.63, 3.8) is 0 Å². The zero-order chi connectivity index (χ0) is 19.8. The second-order valence-corrected chi connectivity index (χ2v) is 6.75. The minimum atomic E-state index is -0.181. The molecule has 0 unspecified atom stereocenters. The molecule has 6 heteroatoms. The Labute approximate surface area is 164 Å². The lowest BCUT2D eigenvalue weighted by Crippen LogP contribution is -2.33. The second kappa shape index (κ2) is 9.88. The van der Waals surface area contributed by atoms with Gasteiger partial charge in [-0.1, -0.05) is 23.7 Å². The van der Waals surface area contributed by atoms with Crippen LogP contribution in [0.4, 0.5) is 5.69 Å². The summed E-state index contributed by atoms with van der Waals surface area (Å²) in [6, 6.07) is 14.2. The Morgan fingerprint density at radius 2 is 1.70 bits per heavy atom. The topological polar surface area (TPSA) is 66.5 Å². The third kappa shape index (κ3) is 6.87. The van der Waals surface area contributed by atoms with Crippen LogP contribution in [0.1, 0.15) is 36.2 Å². The average molecular weight is 387 g/mol. The summed E-state index contributed by atoms with van der Waals surface area (Å²) in [6.45, 7) is 3.85. The van der Waals surface area contributed by atoms with Gasteiger partial charge >= 0.3 is 0 Å². The van der Waals surface area contributed by atoms with E-state index in [0.29, 0.717) is 35.8 Å². The molecule has 0 aliphatic heterocycles. The minimum absolute atomic E-state index is 0.0234. The quantitative estimate of drug-likeness (QED) is 0.698. The fraction of sp³-hybridized carbons (Fsp3) is 0.286. The van der Waals surface area contributed by atoms with Gasteiger partial charge in [-0.2, -0.15) is 0 Å². The highest BCUT2D eigenvalue weighted by molar-refractivity contribution is 6.30. The summed E-state index contributed by atoms with van der Waals surface area (Å²) in [5.41, 5.74) is 2.26. The van der Waals surface area contributed by atoms with Crippen LogP contribution in [0.2, 0.25) is 5.02 Å². The Kier molecular flexibility index (Phi) is 7.55. The first-order valence-electron chi connectivity index (χ1n) is 8.76. The number of hydrogen-bond donors (Lipinski definition) is 1. The monoisotopic (exact) mass is 386 g/mol. The zero-order valence-corrected chi connectivity index (χ0v) is 16.3. The first-order chi connectivity index (χ1) is 12.8. The molecule has 0 fully saturated rings. The summed E-state index contributed by atoms with van der Waals surface area (Å²) >= 11 is 5.98. The molecule has 0 atom stereocenters. The van der Waals surface area contributed by atoms with Crippen LogP contribution in [0.15, 0.2) is 48.5 Å². The van der Waals surface area contributed by atoms with Crippen molar-refractivity contribution in [1.82, 2.24) is 4.90 Å². The summed E-state index contributed by atoms with van der Waals surface area (Å²) < 4.78 is 0. The van der Waals surface area contributed by atoms with Crippen LogP contribution in [0.5, 0.6) is 0 Å². The number of hydrogen-bond acceptors (Lipinski definition) is 3. The van der Waals surface area contributed by atoms with E-state index >= 15 is 0 Å². The fourth-order valence-corrected chi connectivity index (χ4v) is 2.84. The van der Waals surface area contributed by atoms with Gasteiger partial charge in [-0.15, -0.1) is 0 Å². The largest absolute Gasteiger partial charge is 0.342 e. The minimum Gasteiger partial charge on any atom is -0.342 e. The Balaban J connectivity index is 1.84. The average Bonchev–Trinajstić information content (AvgIpc) is 2.62. The number of amides is 2. The van der Waals surface area contributed by atoms with Crippen molar-refractivity contribution in [2.24, 2.45) is 0 Å². The lowest BCUT2D eigenvalue weighted by molar-refractivity contribution is -0.129. The molecule has 0 spiro atoms. The number of carbonyl (C=O) groups is 3. The number of nitrogens with zero attached hydrogens (tertiary/aromatic N) is 1. The molecule has 0 aliphatic rings. The van der Waals surface area contributed by atoms with Crippen LogP contribution in [-0.2, 0) is 16.0 Å². The molecule has 2 amide bonds. The molecule has 1 N–H and O–H groups in total. The summed E-state index contributed by atoms with van der Waals surface area (Å²) in [5.74, 6) is -0.278. The highest BCUT2D eigenvalue weighted by Gasteiger charge is 2.12. The van der Waals surface area contributed by atoms with Crippen molar-refractivity contribution in [3.8, 4) is 0 Å². The van der Waals surface area contributed by atoms with Gasteiger partial charge in [-0.3, -0.25) is 14.4 Å². The highest BCUT2D eigenvalue weighted by Crippen LogP contribution is 2.13. The van der Waals surface area contributed by atoms with E-state index in [4.69, 9.17) is 11.6 Å². The molecule has 0 saturated carbocycles. The maximum Gasteiger partial charge on any atom is 0.226 e. The molecule has 0 aliphatic carbocycles. The summed E-state index contributed by atoms with van der Waals surface area (Å²) in [4.78, 5) is 36.9. The zero-order valence-electron chi connectivity index (χ0n) is 15.5. The number of nitrogens with one attached hydrogen (secondary N) is 1. The molecule has 2 rings (SSSR count). The number of carbonyl (C=O) groups excluding carboxylic acids is 3. The van der Waals surface area contributed by atoms with Crippen molar-refractivity contribution in [2.75, 3.05) is 18.4 Å². The first kappa shape index (κ1) is 20.6. The molecule has 5 nitrogen and oxygen atoms in total. The van der Waals surface area contributed by atoms with E-state index in [2.05, 4.69) is 5.32 Å². The normalized spacial score (nSPS) is 10.3. The number of rotatable bonds is 8.